The van der Waals surface area contributed by atoms with Crippen LogP contribution >= 0.6 is 0 Å². The maximum Gasteiger partial charge on any atom is 0.326 e. The molecule has 0 fully saturated rings. The molecule has 2 aromatic rings. The second kappa shape index (κ2) is 9.21. The van der Waals surface area contributed by atoms with Crippen LogP contribution in [0.5, 0.6) is 11.5 Å². The van der Waals surface area contributed by atoms with Gasteiger partial charge in [0.2, 0.25) is 5.95 Å². The Morgan fingerprint density at radius 3 is 2.27 bits per heavy atom. The maximum absolute atomic E-state index is 12.0. The Balaban J connectivity index is 1.84. The molecule has 9 heteroatoms. The Kier molecular flexibility index (Phi) is 6.72. The number of rotatable bonds is 8. The summed E-state index contributed by atoms with van der Waals surface area (Å²) < 4.78 is 15.2. The van der Waals surface area contributed by atoms with Crippen LogP contribution in [0.4, 0.5) is 11.6 Å². The number of anilines is 2. The molecule has 2 rings (SSSR count). The van der Waals surface area contributed by atoms with Gasteiger partial charge in [0.05, 0.1) is 14.2 Å². The van der Waals surface area contributed by atoms with Gasteiger partial charge in [-0.2, -0.15) is 0 Å². The van der Waals surface area contributed by atoms with Gasteiger partial charge in [-0.1, -0.05) is 0 Å². The summed E-state index contributed by atoms with van der Waals surface area (Å²) in [5.41, 5.74) is 0.469. The Bertz CT molecular complexity index is 732. The van der Waals surface area contributed by atoms with Crippen molar-refractivity contribution in [3.05, 3.63) is 36.7 Å². The number of nitrogens with one attached hydrogen (secondary N) is 1. The van der Waals surface area contributed by atoms with Gasteiger partial charge in [0.15, 0.2) is 6.61 Å². The van der Waals surface area contributed by atoms with Crippen molar-refractivity contribution in [2.24, 2.45) is 0 Å². The number of aromatic nitrogens is 2. The molecule has 0 unspecified atom stereocenters. The molecule has 1 amide bonds. The topological polar surface area (TPSA) is 103 Å². The van der Waals surface area contributed by atoms with E-state index in [0.717, 1.165) is 0 Å². The predicted octanol–water partition coefficient (Wildman–Crippen LogP) is 1.11. The fraction of sp³-hybridized carbons (Fsp3) is 0.294. The van der Waals surface area contributed by atoms with E-state index in [2.05, 4.69) is 15.3 Å². The van der Waals surface area contributed by atoms with Crippen molar-refractivity contribution in [3.8, 4) is 11.5 Å². The SMILES string of the molecule is COc1cc(NC(=O)COC(=O)CN(C)c2ncccn2)cc(OC)c1. The highest BCUT2D eigenvalue weighted by atomic mass is 16.5. The van der Waals surface area contributed by atoms with E-state index in [4.69, 9.17) is 14.2 Å². The van der Waals surface area contributed by atoms with Gasteiger partial charge in [-0.25, -0.2) is 9.97 Å². The average Bonchev–Trinajstić information content (AvgIpc) is 2.66. The Labute approximate surface area is 150 Å². The van der Waals surface area contributed by atoms with Gasteiger partial charge in [-0.15, -0.1) is 0 Å². The Morgan fingerprint density at radius 1 is 1.08 bits per heavy atom. The van der Waals surface area contributed by atoms with Crippen molar-refractivity contribution >= 4 is 23.5 Å². The summed E-state index contributed by atoms with van der Waals surface area (Å²) in [6.07, 6.45) is 3.14. The summed E-state index contributed by atoms with van der Waals surface area (Å²) in [7, 11) is 4.67. The molecule has 1 N–H and O–H groups in total. The number of ether oxygens (including phenoxy) is 3. The van der Waals surface area contributed by atoms with Crippen LogP contribution in [-0.4, -0.2) is 56.3 Å². The molecule has 138 valence electrons. The van der Waals surface area contributed by atoms with Gasteiger partial charge in [-0.3, -0.25) is 9.59 Å². The fourth-order valence-corrected chi connectivity index (χ4v) is 2.02. The van der Waals surface area contributed by atoms with Crippen LogP contribution in [0.25, 0.3) is 0 Å². The second-order valence-electron chi connectivity index (χ2n) is 5.22. The molecule has 0 aliphatic rings. The zero-order chi connectivity index (χ0) is 18.9. The van der Waals surface area contributed by atoms with Crippen LogP contribution in [0.1, 0.15) is 0 Å². The molecule has 0 saturated carbocycles. The summed E-state index contributed by atoms with van der Waals surface area (Å²) in [5, 5.41) is 2.62. The van der Waals surface area contributed by atoms with Crippen LogP contribution in [-0.2, 0) is 14.3 Å². The molecule has 0 bridgehead atoms. The summed E-state index contributed by atoms with van der Waals surface area (Å²) in [4.78, 5) is 33.4. The minimum Gasteiger partial charge on any atom is -0.497 e. The normalized spacial score (nSPS) is 9.96. The van der Waals surface area contributed by atoms with E-state index >= 15 is 0 Å². The molecule has 1 heterocycles. The van der Waals surface area contributed by atoms with E-state index < -0.39 is 18.5 Å². The zero-order valence-corrected chi connectivity index (χ0v) is 14.8. The molecular formula is C17H20N4O5. The minimum atomic E-state index is -0.571. The number of amides is 1. The molecule has 1 aromatic carbocycles. The van der Waals surface area contributed by atoms with E-state index in [1.807, 2.05) is 0 Å². The van der Waals surface area contributed by atoms with Gasteiger partial charge in [0.1, 0.15) is 18.0 Å². The number of methoxy groups -OCH3 is 2. The van der Waals surface area contributed by atoms with Crippen LogP contribution in [0.3, 0.4) is 0 Å². The average molecular weight is 360 g/mol. The van der Waals surface area contributed by atoms with Crippen molar-refractivity contribution in [3.63, 3.8) is 0 Å². The number of benzene rings is 1. The van der Waals surface area contributed by atoms with E-state index in [0.29, 0.717) is 23.1 Å². The first-order valence-electron chi connectivity index (χ1n) is 7.68. The monoisotopic (exact) mass is 360 g/mol. The number of hydrogen-bond donors (Lipinski definition) is 1. The molecule has 1 aromatic heterocycles. The van der Waals surface area contributed by atoms with Crippen LogP contribution < -0.4 is 19.7 Å². The van der Waals surface area contributed by atoms with Crippen LogP contribution in [0, 0.1) is 0 Å². The van der Waals surface area contributed by atoms with E-state index in [-0.39, 0.29) is 6.54 Å². The molecule has 0 atom stereocenters. The third kappa shape index (κ3) is 5.62. The fourth-order valence-electron chi connectivity index (χ4n) is 2.02. The molecule has 0 aliphatic heterocycles. The lowest BCUT2D eigenvalue weighted by Gasteiger charge is -2.15. The highest BCUT2D eigenvalue weighted by molar-refractivity contribution is 5.93. The Hall–Kier alpha value is -3.36. The minimum absolute atomic E-state index is 0.0791. The highest BCUT2D eigenvalue weighted by Gasteiger charge is 2.13. The number of likely N-dealkylation sites (N-methyl/N-ethyl adjacent to an activating group) is 1. The van der Waals surface area contributed by atoms with Crippen molar-refractivity contribution in [1.29, 1.82) is 0 Å². The number of hydrogen-bond acceptors (Lipinski definition) is 8. The zero-order valence-electron chi connectivity index (χ0n) is 14.8. The van der Waals surface area contributed by atoms with Gasteiger partial charge < -0.3 is 24.4 Å². The number of carbonyl (C=O) groups is 2. The smallest absolute Gasteiger partial charge is 0.326 e. The first-order valence-corrected chi connectivity index (χ1v) is 7.68. The lowest BCUT2D eigenvalue weighted by molar-refractivity contribution is -0.145. The van der Waals surface area contributed by atoms with Crippen molar-refractivity contribution in [2.45, 2.75) is 0 Å². The van der Waals surface area contributed by atoms with Crippen LogP contribution in [0.15, 0.2) is 36.7 Å². The Morgan fingerprint density at radius 2 is 1.69 bits per heavy atom. The maximum atomic E-state index is 12.0. The largest absolute Gasteiger partial charge is 0.497 e. The molecule has 26 heavy (non-hydrogen) atoms. The number of nitrogens with zero attached hydrogens (tertiary/aromatic N) is 3. The summed E-state index contributed by atoms with van der Waals surface area (Å²) in [5.74, 6) is 0.394. The molecule has 0 radical (unpaired) electrons. The third-order valence-corrected chi connectivity index (χ3v) is 3.26. The molecule has 0 aliphatic carbocycles. The van der Waals surface area contributed by atoms with Crippen molar-refractivity contribution in [2.75, 3.05) is 44.6 Å². The molecule has 0 saturated heterocycles. The van der Waals surface area contributed by atoms with Gasteiger partial charge >= 0.3 is 5.97 Å². The van der Waals surface area contributed by atoms with E-state index in [1.165, 1.54) is 19.1 Å². The van der Waals surface area contributed by atoms with E-state index in [1.54, 1.807) is 43.7 Å². The molecular weight excluding hydrogens is 340 g/mol. The first-order chi connectivity index (χ1) is 12.5. The van der Waals surface area contributed by atoms with Crippen molar-refractivity contribution < 1.29 is 23.8 Å². The van der Waals surface area contributed by atoms with E-state index in [9.17, 15) is 9.59 Å². The molecule has 0 spiro atoms. The number of esters is 1. The van der Waals surface area contributed by atoms with Gasteiger partial charge in [-0.05, 0) is 6.07 Å². The lowest BCUT2D eigenvalue weighted by atomic mass is 10.2. The van der Waals surface area contributed by atoms with Gasteiger partial charge in [0, 0.05) is 43.3 Å². The second-order valence-corrected chi connectivity index (χ2v) is 5.22. The predicted molar refractivity (Wildman–Crippen MR) is 94.4 cm³/mol. The first kappa shape index (κ1) is 19.0. The summed E-state index contributed by atoms with van der Waals surface area (Å²) in [6.45, 7) is -0.494. The van der Waals surface area contributed by atoms with Gasteiger partial charge in [0.25, 0.3) is 5.91 Å². The summed E-state index contributed by atoms with van der Waals surface area (Å²) >= 11 is 0. The lowest BCUT2D eigenvalue weighted by Crippen LogP contribution is -2.30. The molecule has 9 nitrogen and oxygen atoms in total. The standard InChI is InChI=1S/C17H20N4O5/c1-21(17-18-5-4-6-19-17)10-16(23)26-11-15(22)20-12-7-13(24-2)9-14(8-12)25-3/h4-9H,10-11H2,1-3H3,(H,20,22). The highest BCUT2D eigenvalue weighted by Crippen LogP contribution is 2.25. The number of carbonyl (C=O) groups excluding carboxylic acids is 2. The summed E-state index contributed by atoms with van der Waals surface area (Å²) in [6, 6.07) is 6.61. The third-order valence-electron chi connectivity index (χ3n) is 3.26. The van der Waals surface area contributed by atoms with Crippen LogP contribution in [0.2, 0.25) is 0 Å². The quantitative estimate of drug-likeness (QED) is 0.699. The van der Waals surface area contributed by atoms with Crippen molar-refractivity contribution in [1.82, 2.24) is 9.97 Å².